The van der Waals surface area contributed by atoms with Crippen LogP contribution in [0.5, 0.6) is 0 Å². The molecule has 3 aromatic rings. The van der Waals surface area contributed by atoms with Gasteiger partial charge in [0, 0.05) is 11.2 Å². The first-order chi connectivity index (χ1) is 14.7. The first-order valence-corrected chi connectivity index (χ1v) is 12.6. The van der Waals surface area contributed by atoms with Crippen molar-refractivity contribution in [1.29, 1.82) is 0 Å². The van der Waals surface area contributed by atoms with Crippen LogP contribution in [0.4, 0.5) is 0 Å². The van der Waals surface area contributed by atoms with Crippen molar-refractivity contribution in [3.05, 3.63) is 60.2 Å². The van der Waals surface area contributed by atoms with Crippen LogP contribution in [-0.2, 0) is 15.3 Å². The van der Waals surface area contributed by atoms with Gasteiger partial charge in [0.15, 0.2) is 0 Å². The van der Waals surface area contributed by atoms with Crippen molar-refractivity contribution in [3.63, 3.8) is 0 Å². The Morgan fingerprint density at radius 2 is 1.65 bits per heavy atom. The van der Waals surface area contributed by atoms with Crippen LogP contribution >= 0.6 is 11.8 Å². The van der Waals surface area contributed by atoms with E-state index in [1.807, 2.05) is 0 Å². The Hall–Kier alpha value is -2.00. The van der Waals surface area contributed by atoms with Gasteiger partial charge in [-0.3, -0.25) is 4.79 Å². The van der Waals surface area contributed by atoms with E-state index in [-0.39, 0.29) is 22.4 Å². The molecule has 0 spiro atoms. The molecule has 0 aliphatic heterocycles. The molecule has 2 aliphatic carbocycles. The van der Waals surface area contributed by atoms with E-state index in [2.05, 4.69) is 82.3 Å². The zero-order valence-electron chi connectivity index (χ0n) is 19.0. The molecule has 0 amide bonds. The van der Waals surface area contributed by atoms with Crippen molar-refractivity contribution in [2.24, 2.45) is 16.7 Å². The van der Waals surface area contributed by atoms with Gasteiger partial charge in [-0.05, 0) is 76.8 Å². The molecule has 162 valence electrons. The fourth-order valence-corrected chi connectivity index (χ4v) is 7.10. The Kier molecular flexibility index (Phi) is 4.89. The third kappa shape index (κ3) is 3.28. The SMILES string of the molecule is CC1(OC(=O)CSCc2ccc3cc4ccccc4cc3c2)CC2CCC1(C)C2(C)C. The second-order valence-electron chi connectivity index (χ2n) is 10.6. The van der Waals surface area contributed by atoms with Gasteiger partial charge in [-0.25, -0.2) is 0 Å². The number of hydrogen-bond donors (Lipinski definition) is 0. The molecular weight excluding hydrogens is 400 g/mol. The van der Waals surface area contributed by atoms with Crippen molar-refractivity contribution in [3.8, 4) is 0 Å². The van der Waals surface area contributed by atoms with Crippen molar-refractivity contribution >= 4 is 39.3 Å². The van der Waals surface area contributed by atoms with Gasteiger partial charge < -0.3 is 4.74 Å². The summed E-state index contributed by atoms with van der Waals surface area (Å²) in [6, 6.07) is 19.6. The van der Waals surface area contributed by atoms with E-state index in [1.54, 1.807) is 11.8 Å². The Morgan fingerprint density at radius 3 is 2.29 bits per heavy atom. The van der Waals surface area contributed by atoms with Gasteiger partial charge in [0.2, 0.25) is 0 Å². The molecule has 0 N–H and O–H groups in total. The maximum atomic E-state index is 12.7. The summed E-state index contributed by atoms with van der Waals surface area (Å²) in [5, 5.41) is 5.04. The number of rotatable bonds is 5. The Labute approximate surface area is 189 Å². The highest BCUT2D eigenvalue weighted by Crippen LogP contribution is 2.70. The first-order valence-electron chi connectivity index (χ1n) is 11.4. The van der Waals surface area contributed by atoms with E-state index in [0.29, 0.717) is 11.7 Å². The van der Waals surface area contributed by atoms with Gasteiger partial charge >= 0.3 is 5.97 Å². The number of thioether (sulfide) groups is 1. The summed E-state index contributed by atoms with van der Waals surface area (Å²) in [4.78, 5) is 12.7. The van der Waals surface area contributed by atoms with Gasteiger partial charge in [-0.15, -0.1) is 11.8 Å². The summed E-state index contributed by atoms with van der Waals surface area (Å²) in [7, 11) is 0. The smallest absolute Gasteiger partial charge is 0.316 e. The molecule has 0 heterocycles. The van der Waals surface area contributed by atoms with Crippen LogP contribution in [0.25, 0.3) is 21.5 Å². The molecule has 2 nitrogen and oxygen atoms in total. The maximum absolute atomic E-state index is 12.7. The molecular formula is C28H32O2S. The van der Waals surface area contributed by atoms with Crippen LogP contribution in [0, 0.1) is 16.7 Å². The zero-order valence-corrected chi connectivity index (χ0v) is 19.9. The average Bonchev–Trinajstić information content (AvgIpc) is 3.04. The van der Waals surface area contributed by atoms with E-state index in [4.69, 9.17) is 4.74 Å². The third-order valence-electron chi connectivity index (χ3n) is 8.84. The summed E-state index contributed by atoms with van der Waals surface area (Å²) < 4.78 is 6.17. The molecule has 0 aromatic heterocycles. The topological polar surface area (TPSA) is 26.3 Å². The molecule has 3 unspecified atom stereocenters. The minimum absolute atomic E-state index is 0.0659. The minimum Gasteiger partial charge on any atom is -0.458 e. The minimum atomic E-state index is -0.332. The molecule has 2 aliphatic rings. The number of esters is 1. The number of fused-ring (bicyclic) bond motifs is 4. The van der Waals surface area contributed by atoms with Gasteiger partial charge in [0.25, 0.3) is 0 Å². The highest BCUT2D eigenvalue weighted by Gasteiger charge is 2.68. The Bertz CT molecular complexity index is 1170. The molecule has 3 aromatic carbocycles. The van der Waals surface area contributed by atoms with Crippen LogP contribution < -0.4 is 0 Å². The van der Waals surface area contributed by atoms with Gasteiger partial charge in [0.05, 0.1) is 5.75 Å². The molecule has 3 atom stereocenters. The Balaban J connectivity index is 1.22. The fraction of sp³-hybridized carbons (Fsp3) is 0.464. The lowest BCUT2D eigenvalue weighted by molar-refractivity contribution is -0.171. The largest absolute Gasteiger partial charge is 0.458 e. The quantitative estimate of drug-likeness (QED) is 0.311. The summed E-state index contributed by atoms with van der Waals surface area (Å²) in [6.07, 6.45) is 3.43. The molecule has 0 saturated heterocycles. The second-order valence-corrected chi connectivity index (χ2v) is 11.6. The number of hydrogen-bond acceptors (Lipinski definition) is 3. The van der Waals surface area contributed by atoms with Crippen molar-refractivity contribution in [2.45, 2.75) is 58.3 Å². The lowest BCUT2D eigenvalue weighted by atomic mass is 9.65. The molecule has 5 rings (SSSR count). The molecule has 2 saturated carbocycles. The van der Waals surface area contributed by atoms with Gasteiger partial charge in [0.1, 0.15) is 5.60 Å². The molecule has 2 fully saturated rings. The monoisotopic (exact) mass is 432 g/mol. The predicted molar refractivity (Wildman–Crippen MR) is 131 cm³/mol. The summed E-state index contributed by atoms with van der Waals surface area (Å²) in [6.45, 7) is 9.23. The van der Waals surface area contributed by atoms with E-state index in [9.17, 15) is 4.79 Å². The predicted octanol–water partition coefficient (Wildman–Crippen LogP) is 7.37. The van der Waals surface area contributed by atoms with E-state index in [0.717, 1.165) is 18.6 Å². The number of ether oxygens (including phenoxy) is 1. The highest BCUT2D eigenvalue weighted by molar-refractivity contribution is 7.99. The Morgan fingerprint density at radius 1 is 0.968 bits per heavy atom. The highest BCUT2D eigenvalue weighted by atomic mass is 32.2. The van der Waals surface area contributed by atoms with Crippen LogP contribution in [-0.4, -0.2) is 17.3 Å². The van der Waals surface area contributed by atoms with Crippen LogP contribution in [0.2, 0.25) is 0 Å². The molecule has 2 bridgehead atoms. The standard InChI is InChI=1S/C28H32O2S/c1-26(2)24-11-12-27(26,3)28(4,16-24)30-25(29)18-31-17-19-9-10-22-14-20-7-5-6-8-21(20)15-23(22)13-19/h5-10,13-15,24H,11-12,16-18H2,1-4H3. The number of benzene rings is 3. The van der Waals surface area contributed by atoms with E-state index < -0.39 is 0 Å². The van der Waals surface area contributed by atoms with Crippen molar-refractivity contribution in [2.75, 3.05) is 5.75 Å². The van der Waals surface area contributed by atoms with E-state index >= 15 is 0 Å². The third-order valence-corrected chi connectivity index (χ3v) is 9.81. The second kappa shape index (κ2) is 7.27. The molecule has 0 radical (unpaired) electrons. The fourth-order valence-electron chi connectivity index (χ4n) is 6.36. The average molecular weight is 433 g/mol. The zero-order chi connectivity index (χ0) is 21.9. The van der Waals surface area contributed by atoms with Crippen LogP contribution in [0.1, 0.15) is 52.5 Å². The molecule has 31 heavy (non-hydrogen) atoms. The number of carbonyl (C=O) groups excluding carboxylic acids is 1. The van der Waals surface area contributed by atoms with Crippen LogP contribution in [0.3, 0.4) is 0 Å². The maximum Gasteiger partial charge on any atom is 0.316 e. The van der Waals surface area contributed by atoms with Gasteiger partial charge in [-0.1, -0.05) is 63.2 Å². The van der Waals surface area contributed by atoms with Crippen molar-refractivity contribution in [1.82, 2.24) is 0 Å². The summed E-state index contributed by atoms with van der Waals surface area (Å²) in [5.41, 5.74) is 1.23. The van der Waals surface area contributed by atoms with Crippen molar-refractivity contribution < 1.29 is 9.53 Å². The van der Waals surface area contributed by atoms with Crippen LogP contribution in [0.15, 0.2) is 54.6 Å². The summed E-state index contributed by atoms with van der Waals surface area (Å²) >= 11 is 1.65. The van der Waals surface area contributed by atoms with E-state index in [1.165, 1.54) is 33.5 Å². The normalized spacial score (nSPS) is 29.0. The lowest BCUT2D eigenvalue weighted by Crippen LogP contribution is -2.48. The lowest BCUT2D eigenvalue weighted by Gasteiger charge is -2.45. The van der Waals surface area contributed by atoms with Gasteiger partial charge in [-0.2, -0.15) is 0 Å². The number of carbonyl (C=O) groups is 1. The summed E-state index contributed by atoms with van der Waals surface area (Å²) in [5.74, 6) is 1.83. The first kappa shape index (κ1) is 20.9. The molecule has 3 heteroatoms.